The van der Waals surface area contributed by atoms with Gasteiger partial charge in [0.1, 0.15) is 0 Å². The van der Waals surface area contributed by atoms with E-state index in [1.165, 1.54) is 148 Å². The lowest BCUT2D eigenvalue weighted by molar-refractivity contribution is -0.927. The molecule has 0 aliphatic heterocycles. The number of unbranched alkanes of at least 4 members (excludes halogenated alkanes) is 19. The number of nitrogens with two attached hydrogens (primary N) is 3. The van der Waals surface area contributed by atoms with Crippen LogP contribution < -0.4 is 17.2 Å². The van der Waals surface area contributed by atoms with Gasteiger partial charge < -0.3 is 31.2 Å². The van der Waals surface area contributed by atoms with Crippen molar-refractivity contribution in [2.24, 2.45) is 17.2 Å². The lowest BCUT2D eigenvalue weighted by Crippen LogP contribution is -2.53. The van der Waals surface area contributed by atoms with Crippen LogP contribution in [-0.2, 0) is 9.47 Å². The molecule has 0 aromatic heterocycles. The second-order valence-corrected chi connectivity index (χ2v) is 16.5. The zero-order chi connectivity index (χ0) is 40.7. The van der Waals surface area contributed by atoms with E-state index in [-0.39, 0.29) is 6.10 Å². The van der Waals surface area contributed by atoms with Gasteiger partial charge in [-0.05, 0) is 109 Å². The Labute approximate surface area is 350 Å². The van der Waals surface area contributed by atoms with Crippen molar-refractivity contribution in [3.05, 3.63) is 48.6 Å². The van der Waals surface area contributed by atoms with Gasteiger partial charge in [-0.15, -0.1) is 0 Å². The molecule has 0 fully saturated rings. The molecular formula is C50H99N4O2+. The molecule has 0 aliphatic carbocycles. The molecule has 330 valence electrons. The fourth-order valence-electron chi connectivity index (χ4n) is 7.58. The summed E-state index contributed by atoms with van der Waals surface area (Å²) in [6.45, 7) is 13.7. The first kappa shape index (κ1) is 54.7. The molecule has 0 aromatic rings. The predicted molar refractivity (Wildman–Crippen MR) is 249 cm³/mol. The minimum atomic E-state index is 0.211. The molecule has 6 nitrogen and oxygen atoms in total. The highest BCUT2D eigenvalue weighted by Gasteiger charge is 2.25. The van der Waals surface area contributed by atoms with E-state index in [9.17, 15) is 0 Å². The zero-order valence-electron chi connectivity index (χ0n) is 37.8. The van der Waals surface area contributed by atoms with Gasteiger partial charge in [-0.1, -0.05) is 140 Å². The van der Waals surface area contributed by atoms with Crippen molar-refractivity contribution in [2.45, 2.75) is 206 Å². The molecule has 0 bridgehead atoms. The van der Waals surface area contributed by atoms with Crippen LogP contribution in [0.2, 0.25) is 0 Å². The largest absolute Gasteiger partial charge is 0.379 e. The van der Waals surface area contributed by atoms with Gasteiger partial charge in [-0.3, -0.25) is 0 Å². The van der Waals surface area contributed by atoms with Crippen molar-refractivity contribution in [1.82, 2.24) is 0 Å². The van der Waals surface area contributed by atoms with E-state index < -0.39 is 0 Å². The van der Waals surface area contributed by atoms with Gasteiger partial charge in [0.15, 0.2) is 0 Å². The smallest absolute Gasteiger partial charge is 0.0911 e. The fourth-order valence-corrected chi connectivity index (χ4v) is 7.58. The van der Waals surface area contributed by atoms with E-state index in [1.807, 2.05) is 0 Å². The molecule has 0 heterocycles. The third-order valence-electron chi connectivity index (χ3n) is 11.2. The molecule has 0 radical (unpaired) electrons. The summed E-state index contributed by atoms with van der Waals surface area (Å²) < 4.78 is 13.8. The molecule has 1 unspecified atom stereocenters. The van der Waals surface area contributed by atoms with Crippen LogP contribution in [0.15, 0.2) is 48.6 Å². The first-order valence-electron chi connectivity index (χ1n) is 24.4. The Hall–Kier alpha value is -1.28. The van der Waals surface area contributed by atoms with Crippen molar-refractivity contribution < 1.29 is 14.0 Å². The molecule has 0 amide bonds. The Balaban J connectivity index is 4.41. The molecule has 6 N–H and O–H groups in total. The molecule has 6 heteroatoms. The number of hydrogen-bond acceptors (Lipinski definition) is 5. The van der Waals surface area contributed by atoms with Crippen LogP contribution in [0.3, 0.4) is 0 Å². The highest BCUT2D eigenvalue weighted by molar-refractivity contribution is 4.93. The predicted octanol–water partition coefficient (Wildman–Crippen LogP) is 12.7. The minimum Gasteiger partial charge on any atom is -0.379 e. The summed E-state index contributed by atoms with van der Waals surface area (Å²) in [7, 11) is 0. The van der Waals surface area contributed by atoms with Gasteiger partial charge in [-0.2, -0.15) is 0 Å². The zero-order valence-corrected chi connectivity index (χ0v) is 37.8. The maximum absolute atomic E-state index is 6.48. The molecule has 0 aromatic carbocycles. The van der Waals surface area contributed by atoms with Gasteiger partial charge in [0.2, 0.25) is 0 Å². The summed E-state index contributed by atoms with van der Waals surface area (Å²) in [6.07, 6.45) is 55.0. The summed E-state index contributed by atoms with van der Waals surface area (Å²) in [5, 5.41) is 0. The van der Waals surface area contributed by atoms with Gasteiger partial charge in [0, 0.05) is 32.6 Å². The Morgan fingerprint density at radius 2 is 0.839 bits per heavy atom. The average molecular weight is 788 g/mol. The van der Waals surface area contributed by atoms with E-state index in [2.05, 4.69) is 62.5 Å². The summed E-state index contributed by atoms with van der Waals surface area (Å²) >= 11 is 0. The van der Waals surface area contributed by atoms with Crippen molar-refractivity contribution in [1.29, 1.82) is 0 Å². The lowest BCUT2D eigenvalue weighted by atomic mass is 10.1. The number of allylic oxidation sites excluding steroid dienone is 8. The Bertz CT molecular complexity index is 865. The molecular weight excluding hydrogens is 689 g/mol. The maximum atomic E-state index is 6.48. The molecule has 56 heavy (non-hydrogen) atoms. The molecule has 0 saturated heterocycles. The Morgan fingerprint density at radius 1 is 0.411 bits per heavy atom. The van der Waals surface area contributed by atoms with Crippen LogP contribution in [0.5, 0.6) is 0 Å². The van der Waals surface area contributed by atoms with E-state index in [1.54, 1.807) is 0 Å². The van der Waals surface area contributed by atoms with Gasteiger partial charge >= 0.3 is 0 Å². The van der Waals surface area contributed by atoms with Gasteiger partial charge in [-0.25, -0.2) is 0 Å². The van der Waals surface area contributed by atoms with Crippen molar-refractivity contribution in [3.8, 4) is 0 Å². The topological polar surface area (TPSA) is 96.5 Å². The monoisotopic (exact) mass is 788 g/mol. The normalized spacial score (nSPS) is 13.2. The number of hydrogen-bond donors (Lipinski definition) is 3. The quantitative estimate of drug-likeness (QED) is 0.0324. The molecule has 1 atom stereocenters. The summed E-state index contributed by atoms with van der Waals surface area (Å²) in [4.78, 5) is 0. The van der Waals surface area contributed by atoms with Gasteiger partial charge in [0.25, 0.3) is 0 Å². The summed E-state index contributed by atoms with van der Waals surface area (Å²) in [5.74, 6) is 0. The summed E-state index contributed by atoms with van der Waals surface area (Å²) in [6, 6.07) is 0. The third kappa shape index (κ3) is 39.5. The van der Waals surface area contributed by atoms with E-state index >= 15 is 0 Å². The average Bonchev–Trinajstić information content (AvgIpc) is 3.21. The molecule has 0 saturated carbocycles. The van der Waals surface area contributed by atoms with Crippen molar-refractivity contribution in [2.75, 3.05) is 65.6 Å². The van der Waals surface area contributed by atoms with Crippen LogP contribution in [0.1, 0.15) is 200 Å². The van der Waals surface area contributed by atoms with E-state index in [0.29, 0.717) is 0 Å². The van der Waals surface area contributed by atoms with Crippen molar-refractivity contribution in [3.63, 3.8) is 0 Å². The van der Waals surface area contributed by atoms with Crippen LogP contribution in [0.4, 0.5) is 0 Å². The first-order valence-corrected chi connectivity index (χ1v) is 24.4. The first-order chi connectivity index (χ1) is 27.7. The van der Waals surface area contributed by atoms with Crippen LogP contribution in [-0.4, -0.2) is 76.2 Å². The number of quaternary nitrogens is 1. The second-order valence-electron chi connectivity index (χ2n) is 16.5. The van der Waals surface area contributed by atoms with Crippen LogP contribution >= 0.6 is 0 Å². The van der Waals surface area contributed by atoms with Crippen LogP contribution in [0.25, 0.3) is 0 Å². The SMILES string of the molecule is CCCCC/C=C\C/C=C\CCCCCCCCOCC(CCCCC[N+](CCN)(CCCN)CCCN)OCCCCCCC/C=C\C/C=C\CCCCC. The fraction of sp³-hybridized carbons (Fsp3) is 0.840. The van der Waals surface area contributed by atoms with E-state index in [0.717, 1.165) is 109 Å². The number of nitrogens with zero attached hydrogens (tertiary/aromatic N) is 1. The van der Waals surface area contributed by atoms with Crippen LogP contribution in [0, 0.1) is 0 Å². The highest BCUT2D eigenvalue weighted by atomic mass is 16.5. The van der Waals surface area contributed by atoms with Gasteiger partial charge in [0.05, 0.1) is 38.9 Å². The highest BCUT2D eigenvalue weighted by Crippen LogP contribution is 2.16. The number of ether oxygens (including phenoxy) is 2. The lowest BCUT2D eigenvalue weighted by Gasteiger charge is -2.39. The number of rotatable bonds is 46. The molecule has 0 spiro atoms. The third-order valence-corrected chi connectivity index (χ3v) is 11.2. The van der Waals surface area contributed by atoms with Crippen molar-refractivity contribution >= 4 is 0 Å². The summed E-state index contributed by atoms with van der Waals surface area (Å²) in [5.41, 5.74) is 17.9. The standard InChI is InChI=1S/C50H99N4O2/c1-3-5-7-9-11-13-15-17-19-21-22-24-26-28-30-35-47-55-49-50(39-33-32-34-43-54(46-42-53,44-37-40-51)45-38-41-52)56-48-36-31-29-27-25-23-20-18-16-14-12-10-8-6-4-2/h11-14,17-20,50H,3-10,15-16,21-49,51-53H2,1-2H3/q+1/b13-11-,14-12-,19-17-,20-18-. The Morgan fingerprint density at radius 3 is 1.32 bits per heavy atom. The molecule has 0 rings (SSSR count). The van der Waals surface area contributed by atoms with E-state index in [4.69, 9.17) is 26.7 Å². The Kier molecular flexibility index (Phi) is 45.3. The second kappa shape index (κ2) is 46.4. The maximum Gasteiger partial charge on any atom is 0.0911 e. The minimum absolute atomic E-state index is 0.211. The molecule has 0 aliphatic rings.